The van der Waals surface area contributed by atoms with Crippen LogP contribution < -0.4 is 10.1 Å². The smallest absolute Gasteiger partial charge is 0.293 e. The molecular formula is C19H17NO4. The Bertz CT molecular complexity index is 819. The van der Waals surface area contributed by atoms with E-state index in [-0.39, 0.29) is 11.3 Å². The van der Waals surface area contributed by atoms with Crippen molar-refractivity contribution in [3.8, 4) is 5.75 Å². The minimum atomic E-state index is -0.718. The molecule has 1 aliphatic heterocycles. The molecule has 2 aromatic carbocycles. The largest absolute Gasteiger partial charge is 0.507 e. The number of ether oxygens (including phenoxy) is 1. The molecule has 1 atom stereocenters. The van der Waals surface area contributed by atoms with Gasteiger partial charge in [-0.3, -0.25) is 9.59 Å². The number of ketones is 1. The maximum Gasteiger partial charge on any atom is 0.293 e. The molecule has 0 saturated carbocycles. The molecule has 24 heavy (non-hydrogen) atoms. The molecule has 5 nitrogen and oxygen atoms in total. The number of benzene rings is 2. The Labute approximate surface area is 139 Å². The topological polar surface area (TPSA) is 75.6 Å². The van der Waals surface area contributed by atoms with Gasteiger partial charge in [0.15, 0.2) is 0 Å². The molecular weight excluding hydrogens is 306 g/mol. The Kier molecular flexibility index (Phi) is 4.08. The maximum atomic E-state index is 12.2. The van der Waals surface area contributed by atoms with Crippen molar-refractivity contribution in [2.75, 3.05) is 7.11 Å². The monoisotopic (exact) mass is 323 g/mol. The van der Waals surface area contributed by atoms with Crippen LogP contribution in [0.25, 0.3) is 5.76 Å². The van der Waals surface area contributed by atoms with Gasteiger partial charge in [-0.1, -0.05) is 42.0 Å². The Balaban J connectivity index is 2.07. The van der Waals surface area contributed by atoms with E-state index in [1.165, 1.54) is 0 Å². The molecule has 5 heteroatoms. The van der Waals surface area contributed by atoms with E-state index in [1.54, 1.807) is 43.5 Å². The van der Waals surface area contributed by atoms with E-state index in [9.17, 15) is 14.7 Å². The molecule has 0 aromatic heterocycles. The minimum Gasteiger partial charge on any atom is -0.507 e. The molecule has 1 amide bonds. The van der Waals surface area contributed by atoms with Crippen LogP contribution in [0, 0.1) is 6.92 Å². The third-order valence-electron chi connectivity index (χ3n) is 4.04. The summed E-state index contributed by atoms with van der Waals surface area (Å²) in [5.74, 6) is -0.944. The Morgan fingerprint density at radius 3 is 2.25 bits per heavy atom. The lowest BCUT2D eigenvalue weighted by atomic mass is 9.95. The zero-order valence-corrected chi connectivity index (χ0v) is 13.4. The van der Waals surface area contributed by atoms with E-state index in [0.717, 1.165) is 5.56 Å². The molecule has 122 valence electrons. The molecule has 2 N–H and O–H groups in total. The van der Waals surface area contributed by atoms with Gasteiger partial charge >= 0.3 is 0 Å². The van der Waals surface area contributed by atoms with Crippen LogP contribution in [-0.2, 0) is 9.59 Å². The summed E-state index contributed by atoms with van der Waals surface area (Å²) in [5, 5.41) is 13.2. The van der Waals surface area contributed by atoms with Crippen molar-refractivity contribution in [3.63, 3.8) is 0 Å². The van der Waals surface area contributed by atoms with Gasteiger partial charge < -0.3 is 15.2 Å². The third kappa shape index (κ3) is 2.76. The van der Waals surface area contributed by atoms with E-state index >= 15 is 0 Å². The number of aryl methyl sites for hydroxylation is 1. The van der Waals surface area contributed by atoms with Crippen LogP contribution in [0.4, 0.5) is 0 Å². The fourth-order valence-electron chi connectivity index (χ4n) is 2.68. The van der Waals surface area contributed by atoms with Gasteiger partial charge in [0.1, 0.15) is 11.5 Å². The predicted molar refractivity (Wildman–Crippen MR) is 89.6 cm³/mol. The zero-order valence-electron chi connectivity index (χ0n) is 13.4. The maximum absolute atomic E-state index is 12.2. The van der Waals surface area contributed by atoms with Gasteiger partial charge in [0.05, 0.1) is 18.7 Å². The highest BCUT2D eigenvalue weighted by atomic mass is 16.5. The van der Waals surface area contributed by atoms with Crippen LogP contribution in [0.5, 0.6) is 5.75 Å². The highest BCUT2D eigenvalue weighted by Crippen LogP contribution is 2.33. The first-order chi connectivity index (χ1) is 11.5. The molecule has 0 radical (unpaired) electrons. The second-order valence-corrected chi connectivity index (χ2v) is 5.64. The normalized spacial score (nSPS) is 19.2. The van der Waals surface area contributed by atoms with E-state index in [0.29, 0.717) is 16.9 Å². The van der Waals surface area contributed by atoms with Gasteiger partial charge in [0.2, 0.25) is 0 Å². The predicted octanol–water partition coefficient (Wildman–Crippen LogP) is 2.71. The number of aliphatic hydroxyl groups is 1. The Hall–Kier alpha value is -3.08. The molecule has 2 aromatic rings. The van der Waals surface area contributed by atoms with Crippen LogP contribution in [0.1, 0.15) is 22.7 Å². The summed E-state index contributed by atoms with van der Waals surface area (Å²) >= 11 is 0. The van der Waals surface area contributed by atoms with Gasteiger partial charge in [-0.25, -0.2) is 0 Å². The van der Waals surface area contributed by atoms with Crippen LogP contribution >= 0.6 is 0 Å². The fraction of sp³-hybridized carbons (Fsp3) is 0.158. The number of carbonyl (C=O) groups excluding carboxylic acids is 2. The standard InChI is InChI=1S/C19H17NO4/c1-11-3-5-13(6-4-11)17(21)15-16(20-19(23)18(15)22)12-7-9-14(24-2)10-8-12/h3-10,16,21H,1-2H3,(H,20,23)/t16-/m0/s1. The number of hydrogen-bond donors (Lipinski definition) is 2. The number of methoxy groups -OCH3 is 1. The lowest BCUT2D eigenvalue weighted by molar-refractivity contribution is -0.133. The first-order valence-electron chi connectivity index (χ1n) is 7.50. The van der Waals surface area contributed by atoms with Crippen molar-refractivity contribution in [3.05, 3.63) is 70.8 Å². The SMILES string of the molecule is COc1ccc([C@@H]2NC(=O)C(=O)C2=C(O)c2ccc(C)cc2)cc1. The van der Waals surface area contributed by atoms with E-state index in [2.05, 4.69) is 5.32 Å². The number of nitrogens with one attached hydrogen (secondary N) is 1. The average Bonchev–Trinajstić information content (AvgIpc) is 2.90. The fourth-order valence-corrected chi connectivity index (χ4v) is 2.68. The van der Waals surface area contributed by atoms with Crippen molar-refractivity contribution in [1.82, 2.24) is 5.32 Å². The second kappa shape index (κ2) is 6.20. The van der Waals surface area contributed by atoms with Crippen molar-refractivity contribution in [2.24, 2.45) is 0 Å². The van der Waals surface area contributed by atoms with Gasteiger partial charge in [-0.05, 0) is 24.6 Å². The highest BCUT2D eigenvalue weighted by molar-refractivity contribution is 6.46. The minimum absolute atomic E-state index is 0.0639. The third-order valence-corrected chi connectivity index (χ3v) is 4.04. The van der Waals surface area contributed by atoms with Crippen molar-refractivity contribution in [1.29, 1.82) is 0 Å². The number of rotatable bonds is 3. The first kappa shape index (κ1) is 15.8. The van der Waals surface area contributed by atoms with Crippen molar-refractivity contribution in [2.45, 2.75) is 13.0 Å². The molecule has 0 aliphatic carbocycles. The zero-order chi connectivity index (χ0) is 17.3. The quantitative estimate of drug-likeness (QED) is 0.517. The summed E-state index contributed by atoms with van der Waals surface area (Å²) in [4.78, 5) is 24.1. The van der Waals surface area contributed by atoms with Crippen LogP contribution in [0.3, 0.4) is 0 Å². The summed E-state index contributed by atoms with van der Waals surface area (Å²) in [6, 6.07) is 13.4. The number of hydrogen-bond acceptors (Lipinski definition) is 4. The molecule has 1 heterocycles. The average molecular weight is 323 g/mol. The molecule has 1 aliphatic rings. The molecule has 3 rings (SSSR count). The van der Waals surface area contributed by atoms with Gasteiger partial charge in [-0.2, -0.15) is 0 Å². The van der Waals surface area contributed by atoms with Crippen LogP contribution in [0.2, 0.25) is 0 Å². The van der Waals surface area contributed by atoms with Crippen LogP contribution in [-0.4, -0.2) is 23.9 Å². The molecule has 0 bridgehead atoms. The summed E-state index contributed by atoms with van der Waals surface area (Å²) in [6.07, 6.45) is 0. The van der Waals surface area contributed by atoms with Crippen LogP contribution in [0.15, 0.2) is 54.1 Å². The number of Topliss-reactive ketones (excluding diaryl/α,β-unsaturated/α-hetero) is 1. The lowest BCUT2D eigenvalue weighted by Crippen LogP contribution is -2.21. The van der Waals surface area contributed by atoms with Crippen molar-refractivity contribution >= 4 is 17.4 Å². The van der Waals surface area contributed by atoms with Crippen molar-refractivity contribution < 1.29 is 19.4 Å². The molecule has 1 fully saturated rings. The highest BCUT2D eigenvalue weighted by Gasteiger charge is 2.39. The number of aliphatic hydroxyl groups excluding tert-OH is 1. The lowest BCUT2D eigenvalue weighted by Gasteiger charge is -2.14. The van der Waals surface area contributed by atoms with Gasteiger partial charge in [0.25, 0.3) is 11.7 Å². The summed E-state index contributed by atoms with van der Waals surface area (Å²) in [5.41, 5.74) is 2.30. The Morgan fingerprint density at radius 1 is 1.04 bits per heavy atom. The van der Waals surface area contributed by atoms with E-state index in [1.807, 2.05) is 19.1 Å². The Morgan fingerprint density at radius 2 is 1.67 bits per heavy atom. The molecule has 0 spiro atoms. The van der Waals surface area contributed by atoms with Gasteiger partial charge in [-0.15, -0.1) is 0 Å². The first-order valence-corrected chi connectivity index (χ1v) is 7.50. The molecule has 1 saturated heterocycles. The summed E-state index contributed by atoms with van der Waals surface area (Å²) in [7, 11) is 1.56. The number of amides is 1. The van der Waals surface area contributed by atoms with E-state index < -0.39 is 17.7 Å². The summed E-state index contributed by atoms with van der Waals surface area (Å²) in [6.45, 7) is 1.93. The summed E-state index contributed by atoms with van der Waals surface area (Å²) < 4.78 is 5.11. The number of carbonyl (C=O) groups is 2. The van der Waals surface area contributed by atoms with E-state index in [4.69, 9.17) is 4.74 Å². The van der Waals surface area contributed by atoms with Gasteiger partial charge in [0, 0.05) is 5.56 Å². The molecule has 0 unspecified atom stereocenters. The second-order valence-electron chi connectivity index (χ2n) is 5.64.